The zero-order chi connectivity index (χ0) is 19.6. The van der Waals surface area contributed by atoms with Gasteiger partial charge < -0.3 is 5.32 Å². The number of rotatable bonds is 4. The number of nitrogens with zero attached hydrogens (tertiary/aromatic N) is 1. The maximum absolute atomic E-state index is 13.0. The molecule has 142 valence electrons. The SMILES string of the molecule is CC(C(=O)NCc1ccc(F)cc1)N1C(=O)CC(C)(C)Sc2ccccc21. The first-order valence-corrected chi connectivity index (χ1v) is 9.71. The summed E-state index contributed by atoms with van der Waals surface area (Å²) in [7, 11) is 0. The van der Waals surface area contributed by atoms with Crippen LogP contribution in [0.2, 0.25) is 0 Å². The van der Waals surface area contributed by atoms with Gasteiger partial charge >= 0.3 is 0 Å². The topological polar surface area (TPSA) is 49.4 Å². The van der Waals surface area contributed by atoms with Gasteiger partial charge in [-0.25, -0.2) is 4.39 Å². The number of hydrogen-bond donors (Lipinski definition) is 1. The van der Waals surface area contributed by atoms with Gasteiger partial charge in [0.05, 0.1) is 5.69 Å². The number of hydrogen-bond acceptors (Lipinski definition) is 3. The molecule has 0 spiro atoms. The Kier molecular flexibility index (Phi) is 5.56. The van der Waals surface area contributed by atoms with Crippen molar-refractivity contribution >= 4 is 29.3 Å². The molecule has 1 atom stereocenters. The zero-order valence-corrected chi connectivity index (χ0v) is 16.5. The molecule has 1 heterocycles. The molecule has 1 aliphatic rings. The van der Waals surface area contributed by atoms with Crippen molar-refractivity contribution in [3.63, 3.8) is 0 Å². The molecule has 2 aromatic carbocycles. The van der Waals surface area contributed by atoms with Crippen LogP contribution in [0.15, 0.2) is 53.4 Å². The summed E-state index contributed by atoms with van der Waals surface area (Å²) in [4.78, 5) is 28.3. The van der Waals surface area contributed by atoms with Gasteiger partial charge in [-0.15, -0.1) is 11.8 Å². The van der Waals surface area contributed by atoms with Gasteiger partial charge in [-0.05, 0) is 50.6 Å². The highest BCUT2D eigenvalue weighted by Gasteiger charge is 2.37. The summed E-state index contributed by atoms with van der Waals surface area (Å²) in [5.74, 6) is -0.626. The van der Waals surface area contributed by atoms with E-state index in [0.29, 0.717) is 6.42 Å². The zero-order valence-electron chi connectivity index (χ0n) is 15.7. The minimum atomic E-state index is -0.645. The molecule has 0 saturated carbocycles. The average molecular weight is 386 g/mol. The van der Waals surface area contributed by atoms with Crippen molar-refractivity contribution in [2.24, 2.45) is 0 Å². The number of carbonyl (C=O) groups is 2. The van der Waals surface area contributed by atoms with Crippen molar-refractivity contribution in [1.29, 1.82) is 0 Å². The van der Waals surface area contributed by atoms with Crippen LogP contribution in [0.5, 0.6) is 0 Å². The predicted octanol–water partition coefficient (Wildman–Crippen LogP) is 4.14. The van der Waals surface area contributed by atoms with E-state index >= 15 is 0 Å². The van der Waals surface area contributed by atoms with Crippen LogP contribution < -0.4 is 10.2 Å². The highest BCUT2D eigenvalue weighted by molar-refractivity contribution is 8.00. The van der Waals surface area contributed by atoms with Crippen LogP contribution in [0.3, 0.4) is 0 Å². The van der Waals surface area contributed by atoms with Gasteiger partial charge in [0.15, 0.2) is 0 Å². The van der Waals surface area contributed by atoms with Crippen LogP contribution in [-0.4, -0.2) is 22.6 Å². The molecule has 27 heavy (non-hydrogen) atoms. The van der Waals surface area contributed by atoms with E-state index in [2.05, 4.69) is 5.32 Å². The molecule has 1 aliphatic heterocycles. The number of carbonyl (C=O) groups excluding carboxylic acids is 2. The van der Waals surface area contributed by atoms with Crippen LogP contribution in [0.1, 0.15) is 32.8 Å². The molecule has 0 radical (unpaired) electrons. The quantitative estimate of drug-likeness (QED) is 0.859. The fourth-order valence-electron chi connectivity index (χ4n) is 3.14. The number of anilines is 1. The van der Waals surface area contributed by atoms with Crippen LogP contribution >= 0.6 is 11.8 Å². The van der Waals surface area contributed by atoms with Crippen molar-refractivity contribution in [3.8, 4) is 0 Å². The third-order valence-corrected chi connectivity index (χ3v) is 5.77. The summed E-state index contributed by atoms with van der Waals surface area (Å²) in [5, 5.41) is 2.85. The predicted molar refractivity (Wildman–Crippen MR) is 106 cm³/mol. The largest absolute Gasteiger partial charge is 0.350 e. The van der Waals surface area contributed by atoms with Gasteiger partial charge in [-0.3, -0.25) is 14.5 Å². The Morgan fingerprint density at radius 3 is 2.59 bits per heavy atom. The molecule has 6 heteroatoms. The maximum Gasteiger partial charge on any atom is 0.243 e. The minimum Gasteiger partial charge on any atom is -0.350 e. The van der Waals surface area contributed by atoms with Gasteiger partial charge in [-0.2, -0.15) is 0 Å². The van der Waals surface area contributed by atoms with Gasteiger partial charge in [0, 0.05) is 22.6 Å². The molecule has 0 aromatic heterocycles. The number of fused-ring (bicyclic) bond motifs is 1. The number of thioether (sulfide) groups is 1. The molecule has 1 unspecified atom stereocenters. The van der Waals surface area contributed by atoms with Crippen LogP contribution in [0.4, 0.5) is 10.1 Å². The first kappa shape index (κ1) is 19.4. The second-order valence-corrected chi connectivity index (χ2v) is 9.04. The van der Waals surface area contributed by atoms with E-state index in [1.54, 1.807) is 35.7 Å². The van der Waals surface area contributed by atoms with Gasteiger partial charge in [-0.1, -0.05) is 24.3 Å². The third kappa shape index (κ3) is 4.50. The minimum absolute atomic E-state index is 0.0677. The molecule has 0 fully saturated rings. The summed E-state index contributed by atoms with van der Waals surface area (Å²) >= 11 is 1.65. The maximum atomic E-state index is 13.0. The van der Waals surface area contributed by atoms with E-state index in [9.17, 15) is 14.0 Å². The molecule has 0 bridgehead atoms. The number of benzene rings is 2. The molecule has 2 amide bonds. The van der Waals surface area contributed by atoms with E-state index < -0.39 is 6.04 Å². The highest BCUT2D eigenvalue weighted by atomic mass is 32.2. The highest BCUT2D eigenvalue weighted by Crippen LogP contribution is 2.44. The molecule has 2 aromatic rings. The number of para-hydroxylation sites is 1. The number of halogens is 1. The van der Waals surface area contributed by atoms with Crippen molar-refractivity contribution in [2.75, 3.05) is 4.90 Å². The van der Waals surface area contributed by atoms with E-state index in [-0.39, 0.29) is 28.9 Å². The average Bonchev–Trinajstić information content (AvgIpc) is 2.71. The molecular formula is C21H23FN2O2S. The molecule has 3 rings (SSSR count). The fraction of sp³-hybridized carbons (Fsp3) is 0.333. The third-order valence-electron chi connectivity index (χ3n) is 4.50. The van der Waals surface area contributed by atoms with Crippen molar-refractivity contribution < 1.29 is 14.0 Å². The number of nitrogens with one attached hydrogen (secondary N) is 1. The Bertz CT molecular complexity index is 852. The van der Waals surface area contributed by atoms with Gasteiger partial charge in [0.1, 0.15) is 11.9 Å². The molecule has 0 saturated heterocycles. The normalized spacial score (nSPS) is 17.0. The first-order chi connectivity index (χ1) is 12.8. The summed E-state index contributed by atoms with van der Waals surface area (Å²) in [5.41, 5.74) is 1.57. The van der Waals surface area contributed by atoms with E-state index in [1.165, 1.54) is 12.1 Å². The van der Waals surface area contributed by atoms with Crippen molar-refractivity contribution in [3.05, 3.63) is 59.9 Å². The Morgan fingerprint density at radius 2 is 1.89 bits per heavy atom. The Hall–Kier alpha value is -2.34. The lowest BCUT2D eigenvalue weighted by Gasteiger charge is -2.28. The fourth-order valence-corrected chi connectivity index (χ4v) is 4.35. The second kappa shape index (κ2) is 7.72. The Morgan fingerprint density at radius 1 is 1.22 bits per heavy atom. The van der Waals surface area contributed by atoms with Crippen LogP contribution in [0.25, 0.3) is 0 Å². The Labute approximate surface area is 163 Å². The summed E-state index contributed by atoms with van der Waals surface area (Å²) in [6.07, 6.45) is 0.349. The van der Waals surface area contributed by atoms with E-state index in [0.717, 1.165) is 16.1 Å². The lowest BCUT2D eigenvalue weighted by molar-refractivity contribution is -0.126. The molecule has 4 nitrogen and oxygen atoms in total. The van der Waals surface area contributed by atoms with Crippen LogP contribution in [-0.2, 0) is 16.1 Å². The van der Waals surface area contributed by atoms with Gasteiger partial charge in [0.2, 0.25) is 11.8 Å². The first-order valence-electron chi connectivity index (χ1n) is 8.89. The second-order valence-electron chi connectivity index (χ2n) is 7.29. The molecule has 1 N–H and O–H groups in total. The monoisotopic (exact) mass is 386 g/mol. The smallest absolute Gasteiger partial charge is 0.243 e. The summed E-state index contributed by atoms with van der Waals surface area (Å²) in [6, 6.07) is 13.0. The van der Waals surface area contributed by atoms with Crippen molar-refractivity contribution in [1.82, 2.24) is 5.32 Å². The summed E-state index contributed by atoms with van der Waals surface area (Å²) < 4.78 is 12.8. The molecule has 0 aliphatic carbocycles. The number of amides is 2. The summed E-state index contributed by atoms with van der Waals surface area (Å²) in [6.45, 7) is 6.09. The van der Waals surface area contributed by atoms with E-state index in [1.807, 2.05) is 38.1 Å². The lowest BCUT2D eigenvalue weighted by Crippen LogP contribution is -2.48. The van der Waals surface area contributed by atoms with Gasteiger partial charge in [0.25, 0.3) is 0 Å². The van der Waals surface area contributed by atoms with Crippen molar-refractivity contribution in [2.45, 2.75) is 49.4 Å². The van der Waals surface area contributed by atoms with Crippen LogP contribution in [0, 0.1) is 5.82 Å². The Balaban J connectivity index is 1.79. The molecular weight excluding hydrogens is 363 g/mol. The standard InChI is InChI=1S/C21H23FN2O2S/c1-14(20(26)23-13-15-8-10-16(22)11-9-15)24-17-6-4-5-7-18(17)27-21(2,3)12-19(24)25/h4-11,14H,12-13H2,1-3H3,(H,23,26). The van der Waals surface area contributed by atoms with E-state index in [4.69, 9.17) is 0 Å². The lowest BCUT2D eigenvalue weighted by atomic mass is 10.1.